The van der Waals surface area contributed by atoms with Crippen molar-refractivity contribution in [3.05, 3.63) is 12.2 Å². The molecule has 0 aromatic rings. The van der Waals surface area contributed by atoms with E-state index in [1.165, 1.54) is 385 Å². The minimum absolute atomic E-state index is 0.0257. The van der Waals surface area contributed by atoms with Crippen molar-refractivity contribution in [1.82, 2.24) is 5.32 Å². The highest BCUT2D eigenvalue weighted by Gasteiger charge is 2.18. The van der Waals surface area contributed by atoms with Crippen LogP contribution < -0.4 is 5.32 Å². The van der Waals surface area contributed by atoms with Crippen LogP contribution in [0.15, 0.2) is 12.2 Å². The number of aliphatic hydroxyl groups is 2. The first-order valence-electron chi connectivity index (χ1n) is 39.0. The summed E-state index contributed by atoms with van der Waals surface area (Å²) in [6, 6.07) is -0.623. The lowest BCUT2D eigenvalue weighted by Gasteiger charge is -2.20. The molecule has 0 aliphatic carbocycles. The molecule has 0 aromatic carbocycles. The standard InChI is InChI=1S/C78H153NO5/c1-3-5-7-9-11-13-15-17-19-20-40-43-46-50-54-58-62-66-70-76(81)75(74-80)79-77(82)71-67-63-59-55-51-47-44-41-38-36-34-32-30-28-26-24-22-21-23-25-27-29-31-33-35-37-39-42-45-49-53-57-61-65-69-73-84-78(83)72-68-64-60-56-52-48-18-16-14-12-10-8-6-4-2/h66,70,75-76,80-81H,3-65,67-69,71-74H2,1-2H3,(H,79,82)/b70-66+. The Morgan fingerprint density at radius 3 is 0.810 bits per heavy atom. The second kappa shape index (κ2) is 74.1. The molecule has 0 saturated heterocycles. The zero-order valence-electron chi connectivity index (χ0n) is 57.4. The quantitative estimate of drug-likeness (QED) is 0.0320. The lowest BCUT2D eigenvalue weighted by atomic mass is 10.0. The van der Waals surface area contributed by atoms with Crippen molar-refractivity contribution in [2.24, 2.45) is 0 Å². The lowest BCUT2D eigenvalue weighted by molar-refractivity contribution is -0.143. The summed E-state index contributed by atoms with van der Waals surface area (Å²) in [5.41, 5.74) is 0. The van der Waals surface area contributed by atoms with Gasteiger partial charge >= 0.3 is 5.97 Å². The van der Waals surface area contributed by atoms with E-state index >= 15 is 0 Å². The number of carbonyl (C=O) groups excluding carboxylic acids is 2. The summed E-state index contributed by atoms with van der Waals surface area (Å²) in [6.07, 6.45) is 93.4. The molecule has 6 nitrogen and oxygen atoms in total. The van der Waals surface area contributed by atoms with Gasteiger partial charge in [0, 0.05) is 12.8 Å². The van der Waals surface area contributed by atoms with E-state index in [0.29, 0.717) is 19.4 Å². The van der Waals surface area contributed by atoms with Crippen molar-refractivity contribution in [3.63, 3.8) is 0 Å². The van der Waals surface area contributed by atoms with Crippen LogP contribution in [0.1, 0.15) is 450 Å². The first-order chi connectivity index (χ1) is 41.5. The molecule has 0 radical (unpaired) electrons. The number of carbonyl (C=O) groups is 2. The minimum Gasteiger partial charge on any atom is -0.466 e. The fourth-order valence-electron chi connectivity index (χ4n) is 12.6. The monoisotopic (exact) mass is 1180 g/mol. The SMILES string of the molecule is CCCCCCCCCCCCCCCCCC/C=C/C(O)C(CO)NC(=O)CCCCCCCCCCCCCCCCCCCCCCCCCCCCCCCCCCCCCOC(=O)CCCCCCCCCCCCCCCC. The van der Waals surface area contributed by atoms with Gasteiger partial charge in [-0.05, 0) is 32.1 Å². The van der Waals surface area contributed by atoms with Crippen LogP contribution in [-0.2, 0) is 14.3 Å². The van der Waals surface area contributed by atoms with Crippen LogP contribution in [-0.4, -0.2) is 47.4 Å². The van der Waals surface area contributed by atoms with Gasteiger partial charge in [-0.2, -0.15) is 0 Å². The molecule has 1 amide bonds. The summed E-state index contributed by atoms with van der Waals surface area (Å²) in [6.45, 7) is 4.96. The topological polar surface area (TPSA) is 95.9 Å². The van der Waals surface area contributed by atoms with Gasteiger partial charge in [-0.1, -0.05) is 418 Å². The molecule has 0 heterocycles. The Morgan fingerprint density at radius 2 is 0.548 bits per heavy atom. The molecule has 0 aliphatic heterocycles. The molecule has 2 atom stereocenters. The number of unbranched alkanes of at least 4 members (excludes halogenated alkanes) is 63. The van der Waals surface area contributed by atoms with E-state index in [-0.39, 0.29) is 18.5 Å². The lowest BCUT2D eigenvalue weighted by Crippen LogP contribution is -2.45. The van der Waals surface area contributed by atoms with E-state index in [1.54, 1.807) is 6.08 Å². The Bertz CT molecular complexity index is 1270. The third-order valence-corrected chi connectivity index (χ3v) is 18.6. The highest BCUT2D eigenvalue weighted by Crippen LogP contribution is 2.20. The van der Waals surface area contributed by atoms with Gasteiger partial charge in [-0.15, -0.1) is 0 Å². The number of aliphatic hydroxyl groups excluding tert-OH is 2. The average molecular weight is 1190 g/mol. The van der Waals surface area contributed by atoms with Crippen LogP contribution in [0, 0.1) is 0 Å². The molecular formula is C78H153NO5. The van der Waals surface area contributed by atoms with Gasteiger partial charge in [0.05, 0.1) is 25.4 Å². The smallest absolute Gasteiger partial charge is 0.305 e. The molecule has 0 aliphatic rings. The van der Waals surface area contributed by atoms with E-state index in [1.807, 2.05) is 6.08 Å². The predicted molar refractivity (Wildman–Crippen MR) is 370 cm³/mol. The van der Waals surface area contributed by atoms with Crippen LogP contribution in [0.3, 0.4) is 0 Å². The molecule has 0 rings (SSSR count). The van der Waals surface area contributed by atoms with Crippen LogP contribution in [0.5, 0.6) is 0 Å². The van der Waals surface area contributed by atoms with Crippen molar-refractivity contribution >= 4 is 11.9 Å². The van der Waals surface area contributed by atoms with E-state index < -0.39 is 12.1 Å². The van der Waals surface area contributed by atoms with Gasteiger partial charge in [0.25, 0.3) is 0 Å². The van der Waals surface area contributed by atoms with Gasteiger partial charge in [-0.25, -0.2) is 0 Å². The van der Waals surface area contributed by atoms with E-state index in [2.05, 4.69) is 19.2 Å². The molecule has 2 unspecified atom stereocenters. The Morgan fingerprint density at radius 1 is 0.321 bits per heavy atom. The zero-order chi connectivity index (χ0) is 60.6. The van der Waals surface area contributed by atoms with E-state index in [9.17, 15) is 19.8 Å². The number of nitrogens with one attached hydrogen (secondary N) is 1. The molecule has 0 bridgehead atoms. The molecule has 500 valence electrons. The Hall–Kier alpha value is -1.40. The largest absolute Gasteiger partial charge is 0.466 e. The van der Waals surface area contributed by atoms with E-state index in [4.69, 9.17) is 4.74 Å². The molecule has 0 spiro atoms. The maximum absolute atomic E-state index is 12.5. The van der Waals surface area contributed by atoms with Crippen molar-refractivity contribution in [2.45, 2.75) is 463 Å². The zero-order valence-corrected chi connectivity index (χ0v) is 57.4. The highest BCUT2D eigenvalue weighted by atomic mass is 16.5. The number of allylic oxidation sites excluding steroid dienone is 1. The molecule has 0 fully saturated rings. The maximum atomic E-state index is 12.5. The highest BCUT2D eigenvalue weighted by molar-refractivity contribution is 5.76. The molecule has 0 aromatic heterocycles. The number of rotatable bonds is 74. The van der Waals surface area contributed by atoms with Crippen molar-refractivity contribution < 1.29 is 24.5 Å². The van der Waals surface area contributed by atoms with Crippen LogP contribution >= 0.6 is 0 Å². The Kier molecular flexibility index (Phi) is 72.8. The van der Waals surface area contributed by atoms with E-state index in [0.717, 1.165) is 38.5 Å². The third kappa shape index (κ3) is 69.7. The average Bonchev–Trinajstić information content (AvgIpc) is 3.52. The van der Waals surface area contributed by atoms with Crippen molar-refractivity contribution in [3.8, 4) is 0 Å². The first kappa shape index (κ1) is 82.6. The predicted octanol–water partition coefficient (Wildman–Crippen LogP) is 25.5. The Labute approximate surface area is 527 Å². The number of esters is 1. The van der Waals surface area contributed by atoms with Crippen LogP contribution in [0.4, 0.5) is 0 Å². The van der Waals surface area contributed by atoms with Gasteiger partial charge < -0.3 is 20.3 Å². The minimum atomic E-state index is -0.840. The maximum Gasteiger partial charge on any atom is 0.305 e. The second-order valence-corrected chi connectivity index (χ2v) is 27.1. The molecule has 0 saturated carbocycles. The van der Waals surface area contributed by atoms with Crippen molar-refractivity contribution in [1.29, 1.82) is 0 Å². The fraction of sp³-hybridized carbons (Fsp3) is 0.949. The van der Waals surface area contributed by atoms with Crippen molar-refractivity contribution in [2.75, 3.05) is 13.2 Å². The fourth-order valence-corrected chi connectivity index (χ4v) is 12.6. The summed E-state index contributed by atoms with van der Waals surface area (Å²) in [4.78, 5) is 24.6. The van der Waals surface area contributed by atoms with Crippen LogP contribution in [0.2, 0.25) is 0 Å². The molecule has 3 N–H and O–H groups in total. The number of hydrogen-bond acceptors (Lipinski definition) is 5. The summed E-state index contributed by atoms with van der Waals surface area (Å²) in [7, 11) is 0. The Balaban J connectivity index is 3.31. The van der Waals surface area contributed by atoms with Gasteiger partial charge in [-0.3, -0.25) is 9.59 Å². The van der Waals surface area contributed by atoms with Gasteiger partial charge in [0.1, 0.15) is 0 Å². The summed E-state index contributed by atoms with van der Waals surface area (Å²) in [5, 5.41) is 23.2. The molecule has 84 heavy (non-hydrogen) atoms. The number of hydrogen-bond donors (Lipinski definition) is 3. The molecule has 6 heteroatoms. The number of amides is 1. The normalized spacial score (nSPS) is 12.5. The van der Waals surface area contributed by atoms with Crippen LogP contribution in [0.25, 0.3) is 0 Å². The number of ether oxygens (including phenoxy) is 1. The first-order valence-corrected chi connectivity index (χ1v) is 39.0. The summed E-state index contributed by atoms with van der Waals surface area (Å²) < 4.78 is 5.50. The summed E-state index contributed by atoms with van der Waals surface area (Å²) in [5.74, 6) is -0.0325. The van der Waals surface area contributed by atoms with Gasteiger partial charge in [0.15, 0.2) is 0 Å². The second-order valence-electron chi connectivity index (χ2n) is 27.1. The molecular weight excluding hydrogens is 1030 g/mol. The van der Waals surface area contributed by atoms with Gasteiger partial charge in [0.2, 0.25) is 5.91 Å². The summed E-state index contributed by atoms with van der Waals surface area (Å²) >= 11 is 0. The third-order valence-electron chi connectivity index (χ3n) is 18.6.